The molecule has 0 spiro atoms. The zero-order valence-electron chi connectivity index (χ0n) is 10.3. The second kappa shape index (κ2) is 6.46. The van der Waals surface area contributed by atoms with E-state index in [0.717, 1.165) is 12.8 Å². The van der Waals surface area contributed by atoms with Gasteiger partial charge >= 0.3 is 0 Å². The van der Waals surface area contributed by atoms with Crippen LogP contribution in [0.4, 0.5) is 0 Å². The molecule has 0 aromatic heterocycles. The molecule has 0 amide bonds. The molecule has 0 aromatic carbocycles. The Bertz CT molecular complexity index is 150. The van der Waals surface area contributed by atoms with Crippen molar-refractivity contribution in [2.75, 3.05) is 21.3 Å². The molecule has 0 radical (unpaired) electrons. The number of rotatable bonds is 4. The Kier molecular flexibility index (Phi) is 5.58. The van der Waals surface area contributed by atoms with Gasteiger partial charge in [0.25, 0.3) is 5.97 Å². The van der Waals surface area contributed by atoms with Gasteiger partial charge in [0, 0.05) is 27.2 Å². The van der Waals surface area contributed by atoms with Gasteiger partial charge in [-0.05, 0) is 12.8 Å². The van der Waals surface area contributed by atoms with E-state index in [9.17, 15) is 0 Å². The Labute approximate surface area is 93.1 Å². The van der Waals surface area contributed by atoms with E-state index < -0.39 is 5.97 Å². The molecule has 0 bridgehead atoms. The SMILES string of the molecule is COC(OC)(OC)C1CCCCCCC1. The first-order chi connectivity index (χ1) is 7.29. The third-order valence-corrected chi connectivity index (χ3v) is 3.46. The second-order valence-corrected chi connectivity index (χ2v) is 4.26. The van der Waals surface area contributed by atoms with Crippen molar-refractivity contribution in [3.63, 3.8) is 0 Å². The summed E-state index contributed by atoms with van der Waals surface area (Å²) in [5, 5.41) is 0. The molecular weight excluding hydrogens is 192 g/mol. The molecule has 1 rings (SSSR count). The predicted octanol–water partition coefficient (Wildman–Crippen LogP) is 2.94. The van der Waals surface area contributed by atoms with Crippen LogP contribution in [0.2, 0.25) is 0 Å². The summed E-state index contributed by atoms with van der Waals surface area (Å²) in [7, 11) is 4.98. The van der Waals surface area contributed by atoms with Gasteiger partial charge in [-0.1, -0.05) is 32.1 Å². The van der Waals surface area contributed by atoms with Crippen LogP contribution >= 0.6 is 0 Å². The summed E-state index contributed by atoms with van der Waals surface area (Å²) in [6.07, 6.45) is 8.79. The zero-order valence-corrected chi connectivity index (χ0v) is 10.3. The monoisotopic (exact) mass is 216 g/mol. The van der Waals surface area contributed by atoms with Crippen molar-refractivity contribution in [3.05, 3.63) is 0 Å². The van der Waals surface area contributed by atoms with Crippen molar-refractivity contribution in [1.29, 1.82) is 0 Å². The Morgan fingerprint density at radius 3 is 1.53 bits per heavy atom. The molecule has 0 saturated heterocycles. The van der Waals surface area contributed by atoms with Gasteiger partial charge < -0.3 is 14.2 Å². The predicted molar refractivity (Wildman–Crippen MR) is 59.6 cm³/mol. The average Bonchev–Trinajstić information content (AvgIpc) is 2.23. The smallest absolute Gasteiger partial charge is 0.285 e. The molecule has 1 aliphatic carbocycles. The maximum atomic E-state index is 5.43. The maximum absolute atomic E-state index is 5.43. The fourth-order valence-electron chi connectivity index (χ4n) is 2.56. The minimum atomic E-state index is -0.822. The van der Waals surface area contributed by atoms with Crippen LogP contribution in [0.25, 0.3) is 0 Å². The van der Waals surface area contributed by atoms with Crippen LogP contribution in [0, 0.1) is 5.92 Å². The first kappa shape index (κ1) is 12.9. The van der Waals surface area contributed by atoms with E-state index in [1.165, 1.54) is 32.1 Å². The van der Waals surface area contributed by atoms with Crippen LogP contribution in [0.15, 0.2) is 0 Å². The third-order valence-electron chi connectivity index (χ3n) is 3.46. The van der Waals surface area contributed by atoms with Gasteiger partial charge in [-0.25, -0.2) is 0 Å². The summed E-state index contributed by atoms with van der Waals surface area (Å²) in [6, 6.07) is 0. The average molecular weight is 216 g/mol. The van der Waals surface area contributed by atoms with Gasteiger partial charge in [0.2, 0.25) is 0 Å². The molecule has 1 fully saturated rings. The summed E-state index contributed by atoms with van der Waals surface area (Å²) in [6.45, 7) is 0. The van der Waals surface area contributed by atoms with E-state index in [1.54, 1.807) is 21.3 Å². The first-order valence-electron chi connectivity index (χ1n) is 5.94. The molecule has 15 heavy (non-hydrogen) atoms. The molecule has 0 aliphatic heterocycles. The normalized spacial score (nSPS) is 21.0. The second-order valence-electron chi connectivity index (χ2n) is 4.26. The van der Waals surface area contributed by atoms with Crippen LogP contribution in [-0.4, -0.2) is 27.3 Å². The Balaban J connectivity index is 2.62. The lowest BCUT2D eigenvalue weighted by Crippen LogP contribution is -2.44. The quantitative estimate of drug-likeness (QED) is 0.676. The van der Waals surface area contributed by atoms with E-state index >= 15 is 0 Å². The molecule has 0 atom stereocenters. The largest absolute Gasteiger partial charge is 0.331 e. The zero-order chi connectivity index (χ0) is 11.1. The summed E-state index contributed by atoms with van der Waals surface area (Å²) in [5.41, 5.74) is 0. The fourth-order valence-corrected chi connectivity index (χ4v) is 2.56. The van der Waals surface area contributed by atoms with Crippen LogP contribution in [0.1, 0.15) is 44.9 Å². The molecule has 0 unspecified atom stereocenters. The van der Waals surface area contributed by atoms with Crippen molar-refractivity contribution in [3.8, 4) is 0 Å². The molecule has 90 valence electrons. The summed E-state index contributed by atoms with van der Waals surface area (Å²) < 4.78 is 16.3. The Morgan fingerprint density at radius 2 is 1.13 bits per heavy atom. The van der Waals surface area contributed by atoms with Crippen LogP contribution in [0.3, 0.4) is 0 Å². The number of ether oxygens (including phenoxy) is 3. The Hall–Kier alpha value is -0.120. The van der Waals surface area contributed by atoms with Gasteiger partial charge in [-0.2, -0.15) is 0 Å². The maximum Gasteiger partial charge on any atom is 0.285 e. The van der Waals surface area contributed by atoms with Crippen molar-refractivity contribution in [1.82, 2.24) is 0 Å². The van der Waals surface area contributed by atoms with E-state index in [-0.39, 0.29) is 0 Å². The first-order valence-corrected chi connectivity index (χ1v) is 5.94. The van der Waals surface area contributed by atoms with Gasteiger partial charge in [-0.15, -0.1) is 0 Å². The molecule has 1 saturated carbocycles. The highest BCUT2D eigenvalue weighted by Gasteiger charge is 2.39. The fraction of sp³-hybridized carbons (Fsp3) is 1.00. The lowest BCUT2D eigenvalue weighted by Gasteiger charge is -2.37. The highest BCUT2D eigenvalue weighted by atomic mass is 16.9. The van der Waals surface area contributed by atoms with Gasteiger partial charge in [0.1, 0.15) is 0 Å². The highest BCUT2D eigenvalue weighted by molar-refractivity contribution is 4.73. The summed E-state index contributed by atoms with van der Waals surface area (Å²) in [5.74, 6) is -0.463. The topological polar surface area (TPSA) is 27.7 Å². The molecule has 3 heteroatoms. The molecular formula is C12H24O3. The van der Waals surface area contributed by atoms with E-state index in [2.05, 4.69) is 0 Å². The van der Waals surface area contributed by atoms with Crippen LogP contribution in [0.5, 0.6) is 0 Å². The minimum Gasteiger partial charge on any atom is -0.331 e. The highest BCUT2D eigenvalue weighted by Crippen LogP contribution is 2.34. The number of hydrogen-bond donors (Lipinski definition) is 0. The van der Waals surface area contributed by atoms with Gasteiger partial charge in [0.05, 0.1) is 0 Å². The van der Waals surface area contributed by atoms with E-state index in [1.807, 2.05) is 0 Å². The van der Waals surface area contributed by atoms with E-state index in [4.69, 9.17) is 14.2 Å². The molecule has 1 aliphatic rings. The van der Waals surface area contributed by atoms with Crippen LogP contribution in [-0.2, 0) is 14.2 Å². The minimum absolute atomic E-state index is 0.359. The van der Waals surface area contributed by atoms with Crippen LogP contribution < -0.4 is 0 Å². The third kappa shape index (κ3) is 3.16. The molecule has 0 N–H and O–H groups in total. The number of hydrogen-bond acceptors (Lipinski definition) is 3. The Morgan fingerprint density at radius 1 is 0.733 bits per heavy atom. The van der Waals surface area contributed by atoms with Gasteiger partial charge in [-0.3, -0.25) is 0 Å². The molecule has 0 heterocycles. The molecule has 0 aromatic rings. The summed E-state index contributed by atoms with van der Waals surface area (Å²) in [4.78, 5) is 0. The lowest BCUT2D eigenvalue weighted by atomic mass is 9.89. The van der Waals surface area contributed by atoms with E-state index in [0.29, 0.717) is 5.92 Å². The summed E-state index contributed by atoms with van der Waals surface area (Å²) >= 11 is 0. The number of methoxy groups -OCH3 is 3. The van der Waals surface area contributed by atoms with Crippen molar-refractivity contribution >= 4 is 0 Å². The van der Waals surface area contributed by atoms with Crippen molar-refractivity contribution in [2.24, 2.45) is 5.92 Å². The lowest BCUT2D eigenvalue weighted by molar-refractivity contribution is -0.380. The van der Waals surface area contributed by atoms with Crippen molar-refractivity contribution < 1.29 is 14.2 Å². The van der Waals surface area contributed by atoms with Crippen molar-refractivity contribution in [2.45, 2.75) is 50.9 Å². The molecule has 3 nitrogen and oxygen atoms in total. The van der Waals surface area contributed by atoms with Gasteiger partial charge in [0.15, 0.2) is 0 Å². The standard InChI is InChI=1S/C12H24O3/c1-13-12(14-2,15-3)11-9-7-5-4-6-8-10-11/h11H,4-10H2,1-3H3.